The molecule has 0 spiro atoms. The number of fused-ring (bicyclic) bond motifs is 5. The molecule has 178 valence electrons. The van der Waals surface area contributed by atoms with Crippen molar-refractivity contribution < 1.29 is 10.2 Å². The largest absolute Gasteiger partial charge is 0.390 e. The van der Waals surface area contributed by atoms with Crippen molar-refractivity contribution in [3.05, 3.63) is 11.6 Å². The molecule has 31 heavy (non-hydrogen) atoms. The van der Waals surface area contributed by atoms with Gasteiger partial charge in [-0.25, -0.2) is 0 Å². The minimum atomic E-state index is -0.488. The molecule has 0 saturated heterocycles. The molecule has 2 N–H and O–H groups in total. The number of unbranched alkanes of at least 4 members (excludes halogenated alkanes) is 1. The van der Waals surface area contributed by atoms with Crippen molar-refractivity contribution in [3.8, 4) is 0 Å². The second kappa shape index (κ2) is 8.46. The third kappa shape index (κ3) is 4.42. The van der Waals surface area contributed by atoms with Crippen molar-refractivity contribution >= 4 is 0 Å². The topological polar surface area (TPSA) is 40.5 Å². The molecule has 0 aromatic heterocycles. The number of aliphatic hydroxyl groups is 2. The normalized spacial score (nSPS) is 46.5. The second-order valence-corrected chi connectivity index (χ2v) is 13.2. The van der Waals surface area contributed by atoms with Gasteiger partial charge < -0.3 is 10.2 Å². The van der Waals surface area contributed by atoms with E-state index in [1.807, 2.05) is 6.92 Å². The molecule has 0 heterocycles. The molecule has 4 rings (SSSR count). The second-order valence-electron chi connectivity index (χ2n) is 13.2. The SMILES string of the molecule is CCCC[C@](C)(O)CCC[C@H]1CC[C@H]2[C@@H]3CC=C4C[C@@](C)(O)CC[C@]4(C)[C@H]3CC[C@]12C. The minimum absolute atomic E-state index is 0.336. The molecular weight excluding hydrogens is 380 g/mol. The van der Waals surface area contributed by atoms with Crippen molar-refractivity contribution in [2.75, 3.05) is 0 Å². The summed E-state index contributed by atoms with van der Waals surface area (Å²) >= 11 is 0. The monoisotopic (exact) mass is 430 g/mol. The lowest BCUT2D eigenvalue weighted by atomic mass is 9.46. The number of hydrogen-bond acceptors (Lipinski definition) is 2. The summed E-state index contributed by atoms with van der Waals surface area (Å²) in [5.41, 5.74) is 1.48. The fraction of sp³-hybridized carbons (Fsp3) is 0.931. The van der Waals surface area contributed by atoms with Crippen molar-refractivity contribution in [2.45, 2.75) is 136 Å². The molecule has 0 amide bonds. The van der Waals surface area contributed by atoms with Gasteiger partial charge in [-0.15, -0.1) is 0 Å². The Bertz CT molecular complexity index is 676. The molecule has 3 saturated carbocycles. The van der Waals surface area contributed by atoms with Crippen molar-refractivity contribution in [1.82, 2.24) is 0 Å². The Morgan fingerprint density at radius 3 is 2.48 bits per heavy atom. The van der Waals surface area contributed by atoms with Gasteiger partial charge >= 0.3 is 0 Å². The quantitative estimate of drug-likeness (QED) is 0.412. The Morgan fingerprint density at radius 1 is 1.00 bits per heavy atom. The Balaban J connectivity index is 1.41. The summed E-state index contributed by atoms with van der Waals surface area (Å²) in [5, 5.41) is 21.4. The third-order valence-electron chi connectivity index (χ3n) is 10.9. The highest BCUT2D eigenvalue weighted by Gasteiger charge is 2.58. The highest BCUT2D eigenvalue weighted by molar-refractivity contribution is 5.26. The fourth-order valence-corrected chi connectivity index (χ4v) is 8.80. The summed E-state index contributed by atoms with van der Waals surface area (Å²) in [7, 11) is 0. The van der Waals surface area contributed by atoms with Gasteiger partial charge in [0.25, 0.3) is 0 Å². The van der Waals surface area contributed by atoms with Crippen LogP contribution in [0.15, 0.2) is 11.6 Å². The first kappa shape index (κ1) is 23.8. The van der Waals surface area contributed by atoms with Crippen LogP contribution >= 0.6 is 0 Å². The smallest absolute Gasteiger partial charge is 0.0657 e. The molecule has 8 atom stereocenters. The van der Waals surface area contributed by atoms with E-state index in [0.717, 1.165) is 55.8 Å². The summed E-state index contributed by atoms with van der Waals surface area (Å²) in [6.45, 7) is 11.5. The zero-order valence-corrected chi connectivity index (χ0v) is 21.2. The van der Waals surface area contributed by atoms with E-state index >= 15 is 0 Å². The Labute approximate surface area is 192 Å². The standard InChI is InChI=1S/C29H50O2/c1-6-7-15-26(2,30)16-8-9-21-11-13-24-23-12-10-22-20-27(3,31)18-19-29(22,5)25(23)14-17-28(21,24)4/h10,21,23-25,30-31H,6-9,11-20H2,1-5H3/t21-,23-,24-,25-,26-,27-,28+,29-/m0/s1. The Kier molecular flexibility index (Phi) is 6.50. The average molecular weight is 431 g/mol. The van der Waals surface area contributed by atoms with Gasteiger partial charge in [-0.1, -0.05) is 51.7 Å². The maximum absolute atomic E-state index is 10.7. The van der Waals surface area contributed by atoms with Crippen LogP contribution in [-0.4, -0.2) is 21.4 Å². The van der Waals surface area contributed by atoms with Crippen molar-refractivity contribution in [1.29, 1.82) is 0 Å². The van der Waals surface area contributed by atoms with Crippen LogP contribution in [-0.2, 0) is 0 Å². The Morgan fingerprint density at radius 2 is 1.74 bits per heavy atom. The molecule has 2 heteroatoms. The number of hydrogen-bond donors (Lipinski definition) is 2. The van der Waals surface area contributed by atoms with Gasteiger partial charge in [0.2, 0.25) is 0 Å². The molecule has 0 aliphatic heterocycles. The predicted molar refractivity (Wildman–Crippen MR) is 130 cm³/mol. The summed E-state index contributed by atoms with van der Waals surface area (Å²) in [6, 6.07) is 0. The van der Waals surface area contributed by atoms with Gasteiger partial charge in [-0.3, -0.25) is 0 Å². The van der Waals surface area contributed by atoms with Gasteiger partial charge in [0.1, 0.15) is 0 Å². The predicted octanol–water partition coefficient (Wildman–Crippen LogP) is 7.43. The van der Waals surface area contributed by atoms with Crippen LogP contribution in [0.4, 0.5) is 0 Å². The van der Waals surface area contributed by atoms with Crippen LogP contribution < -0.4 is 0 Å². The van der Waals surface area contributed by atoms with Crippen LogP contribution in [0.1, 0.15) is 125 Å². The summed E-state index contributed by atoms with van der Waals surface area (Å²) in [5.74, 6) is 3.42. The summed E-state index contributed by atoms with van der Waals surface area (Å²) in [4.78, 5) is 0. The van der Waals surface area contributed by atoms with E-state index in [9.17, 15) is 10.2 Å². The maximum atomic E-state index is 10.7. The van der Waals surface area contributed by atoms with Gasteiger partial charge in [-0.2, -0.15) is 0 Å². The van der Waals surface area contributed by atoms with Gasteiger partial charge in [0.15, 0.2) is 0 Å². The van der Waals surface area contributed by atoms with E-state index in [-0.39, 0.29) is 0 Å². The highest BCUT2D eigenvalue weighted by atomic mass is 16.3. The van der Waals surface area contributed by atoms with Crippen LogP contribution in [0.3, 0.4) is 0 Å². The average Bonchev–Trinajstić information content (AvgIpc) is 3.03. The lowest BCUT2D eigenvalue weighted by Crippen LogP contribution is -2.51. The number of rotatable bonds is 7. The first-order valence-electron chi connectivity index (χ1n) is 13.7. The van der Waals surface area contributed by atoms with Crippen molar-refractivity contribution in [3.63, 3.8) is 0 Å². The van der Waals surface area contributed by atoms with E-state index in [2.05, 4.69) is 33.8 Å². The summed E-state index contributed by atoms with van der Waals surface area (Å²) in [6.07, 6.45) is 19.2. The first-order chi connectivity index (χ1) is 14.5. The molecular formula is C29H50O2. The molecule has 0 radical (unpaired) electrons. The third-order valence-corrected chi connectivity index (χ3v) is 10.9. The minimum Gasteiger partial charge on any atom is -0.390 e. The Hall–Kier alpha value is -0.340. The zero-order chi connectivity index (χ0) is 22.5. The summed E-state index contributed by atoms with van der Waals surface area (Å²) < 4.78 is 0. The maximum Gasteiger partial charge on any atom is 0.0657 e. The van der Waals surface area contributed by atoms with Crippen LogP contribution in [0.5, 0.6) is 0 Å². The van der Waals surface area contributed by atoms with E-state index in [1.54, 1.807) is 5.57 Å². The van der Waals surface area contributed by atoms with Crippen molar-refractivity contribution in [2.24, 2.45) is 34.5 Å². The van der Waals surface area contributed by atoms with Crippen LogP contribution in [0, 0.1) is 34.5 Å². The van der Waals surface area contributed by atoms with Gasteiger partial charge in [-0.05, 0) is 119 Å². The number of allylic oxidation sites excluding steroid dienone is 1. The van der Waals surface area contributed by atoms with E-state index < -0.39 is 11.2 Å². The molecule has 0 aromatic rings. The van der Waals surface area contributed by atoms with Crippen LogP contribution in [0.25, 0.3) is 0 Å². The first-order valence-corrected chi connectivity index (χ1v) is 13.7. The van der Waals surface area contributed by atoms with E-state index in [0.29, 0.717) is 10.8 Å². The van der Waals surface area contributed by atoms with E-state index in [4.69, 9.17) is 0 Å². The zero-order valence-electron chi connectivity index (χ0n) is 21.2. The highest BCUT2D eigenvalue weighted by Crippen LogP contribution is 2.67. The molecule has 0 aromatic carbocycles. The lowest BCUT2D eigenvalue weighted by Gasteiger charge is -2.59. The molecule has 0 unspecified atom stereocenters. The molecule has 4 aliphatic rings. The molecule has 0 bridgehead atoms. The van der Waals surface area contributed by atoms with Crippen LogP contribution in [0.2, 0.25) is 0 Å². The molecule has 3 fully saturated rings. The molecule has 4 aliphatic carbocycles. The van der Waals surface area contributed by atoms with E-state index in [1.165, 1.54) is 57.8 Å². The lowest BCUT2D eigenvalue weighted by molar-refractivity contribution is -0.0665. The fourth-order valence-electron chi connectivity index (χ4n) is 8.80. The van der Waals surface area contributed by atoms with Gasteiger partial charge in [0, 0.05) is 0 Å². The molecule has 2 nitrogen and oxygen atoms in total. The van der Waals surface area contributed by atoms with Gasteiger partial charge in [0.05, 0.1) is 11.2 Å².